The van der Waals surface area contributed by atoms with Gasteiger partial charge in [-0.3, -0.25) is 19.1 Å². The number of nitrogens with one attached hydrogen (secondary N) is 2. The third-order valence-corrected chi connectivity index (χ3v) is 14.0. The van der Waals surface area contributed by atoms with Crippen molar-refractivity contribution >= 4 is 50.0 Å². The zero-order chi connectivity index (χ0) is 37.7. The van der Waals surface area contributed by atoms with Crippen LogP contribution in [0.15, 0.2) is 35.7 Å². The molecule has 3 fully saturated rings. The first-order valence-electron chi connectivity index (χ1n) is 18.7. The number of fused-ring (bicyclic) bond motifs is 3. The van der Waals surface area contributed by atoms with Gasteiger partial charge in [-0.05, 0) is 82.3 Å². The maximum atomic E-state index is 14.3. The lowest BCUT2D eigenvalue weighted by Crippen LogP contribution is -2.54. The van der Waals surface area contributed by atoms with Crippen molar-refractivity contribution in [2.75, 3.05) is 20.7 Å². The number of carbonyl (C=O) groups excluding carboxylic acids is 3. The summed E-state index contributed by atoms with van der Waals surface area (Å²) in [6.07, 6.45) is 8.18. The molecule has 3 aromatic rings. The standard InChI is InChI=1S/C39H49N5O7S2/c1-22(2)31-21-52-37(41-31)30-19-33(28-13-14-32(50-5)23(3)35(28)40-30)51-26-16-24-17-34(45)44(4)15-9-7-6-8-10-25-20-39(25,42-36(46)29(24)18-26)38(47)43-53(48,49)27-11-12-27/h8,10,13-14,19,21-22,24-27,29H,6-7,9,11-12,15-18,20H2,1-5H3,(H,42,46)(H,43,47)/b10-8-/t24-,25+,26-,29+,39+/m0/s1. The van der Waals surface area contributed by atoms with Crippen LogP contribution in [0.3, 0.4) is 0 Å². The topological polar surface area (TPSA) is 157 Å². The summed E-state index contributed by atoms with van der Waals surface area (Å²) in [5.41, 5.74) is 1.87. The van der Waals surface area contributed by atoms with Crippen LogP contribution >= 0.6 is 11.3 Å². The van der Waals surface area contributed by atoms with E-state index < -0.39 is 38.7 Å². The molecule has 3 heterocycles. The highest BCUT2D eigenvalue weighted by molar-refractivity contribution is 7.91. The number of allylic oxidation sites excluding steroid dienone is 1. The summed E-state index contributed by atoms with van der Waals surface area (Å²) >= 11 is 1.52. The van der Waals surface area contributed by atoms with E-state index in [1.165, 1.54) is 11.3 Å². The molecule has 3 aliphatic carbocycles. The van der Waals surface area contributed by atoms with E-state index in [0.29, 0.717) is 55.8 Å². The lowest BCUT2D eigenvalue weighted by atomic mass is 9.91. The largest absolute Gasteiger partial charge is 0.496 e. The first kappa shape index (κ1) is 37.3. The van der Waals surface area contributed by atoms with Crippen LogP contribution in [0.1, 0.15) is 88.8 Å². The SMILES string of the molecule is COc1ccc2c(O[C@H]3C[C@H]4CC(=O)N(C)CCCC/C=C\[C@@H]5C[C@@]5(C(=O)NS(=O)(=O)C5CC5)NC(=O)[C@@H]4C3)cc(-c3nc(C(C)C)cs3)nc2c1C. The van der Waals surface area contributed by atoms with Crippen LogP contribution in [-0.4, -0.2) is 78.6 Å². The van der Waals surface area contributed by atoms with Gasteiger partial charge in [0.1, 0.15) is 27.7 Å². The summed E-state index contributed by atoms with van der Waals surface area (Å²) < 4.78 is 40.4. The van der Waals surface area contributed by atoms with E-state index in [4.69, 9.17) is 19.4 Å². The molecule has 0 bridgehead atoms. The number of hydrogen-bond donors (Lipinski definition) is 2. The van der Waals surface area contributed by atoms with Gasteiger partial charge in [0.05, 0.1) is 29.7 Å². The third kappa shape index (κ3) is 7.67. The number of aromatic nitrogens is 2. The molecule has 1 aromatic carbocycles. The predicted octanol–water partition coefficient (Wildman–Crippen LogP) is 5.64. The molecule has 2 aromatic heterocycles. The number of hydrogen-bond acceptors (Lipinski definition) is 10. The van der Waals surface area contributed by atoms with Crippen molar-refractivity contribution in [1.29, 1.82) is 0 Å². The molecule has 284 valence electrons. The zero-order valence-electron chi connectivity index (χ0n) is 31.0. The number of amides is 3. The molecular formula is C39H49N5O7S2. The average Bonchev–Trinajstić information content (AvgIpc) is 4.00. The molecule has 1 aliphatic heterocycles. The molecule has 12 nitrogen and oxygen atoms in total. The maximum absolute atomic E-state index is 14.3. The second-order valence-electron chi connectivity index (χ2n) is 15.5. The number of carbonyl (C=O) groups is 3. The van der Waals surface area contributed by atoms with Crippen LogP contribution in [0.2, 0.25) is 0 Å². The number of pyridine rings is 1. The highest BCUT2D eigenvalue weighted by Gasteiger charge is 2.62. The summed E-state index contributed by atoms with van der Waals surface area (Å²) in [4.78, 5) is 53.2. The number of benzene rings is 1. The van der Waals surface area contributed by atoms with E-state index in [0.717, 1.165) is 46.4 Å². The number of aryl methyl sites for hydroxylation is 1. The quantitative estimate of drug-likeness (QED) is 0.277. The van der Waals surface area contributed by atoms with Gasteiger partial charge in [0.2, 0.25) is 21.8 Å². The Morgan fingerprint density at radius 3 is 2.64 bits per heavy atom. The first-order valence-corrected chi connectivity index (χ1v) is 21.1. The van der Waals surface area contributed by atoms with Crippen molar-refractivity contribution in [3.63, 3.8) is 0 Å². The predicted molar refractivity (Wildman–Crippen MR) is 203 cm³/mol. The highest BCUT2D eigenvalue weighted by Crippen LogP contribution is 2.47. The molecule has 4 aliphatic rings. The Morgan fingerprint density at radius 2 is 1.92 bits per heavy atom. The maximum Gasteiger partial charge on any atom is 0.259 e. The van der Waals surface area contributed by atoms with Crippen LogP contribution in [-0.2, 0) is 24.4 Å². The smallest absolute Gasteiger partial charge is 0.259 e. The normalized spacial score (nSPS) is 27.3. The molecule has 0 radical (unpaired) electrons. The van der Waals surface area contributed by atoms with Gasteiger partial charge in [0.15, 0.2) is 0 Å². The fraction of sp³-hybridized carbons (Fsp3) is 0.564. The van der Waals surface area contributed by atoms with Crippen LogP contribution < -0.4 is 19.5 Å². The minimum Gasteiger partial charge on any atom is -0.496 e. The fourth-order valence-corrected chi connectivity index (χ4v) is 10.0. The molecule has 53 heavy (non-hydrogen) atoms. The summed E-state index contributed by atoms with van der Waals surface area (Å²) in [6, 6.07) is 5.71. The molecule has 2 N–H and O–H groups in total. The van der Waals surface area contributed by atoms with Gasteiger partial charge >= 0.3 is 0 Å². The highest BCUT2D eigenvalue weighted by atomic mass is 32.2. The Morgan fingerprint density at radius 1 is 1.13 bits per heavy atom. The van der Waals surface area contributed by atoms with Crippen molar-refractivity contribution in [2.45, 2.75) is 101 Å². The molecular weight excluding hydrogens is 715 g/mol. The van der Waals surface area contributed by atoms with E-state index >= 15 is 0 Å². The average molecular weight is 764 g/mol. The van der Waals surface area contributed by atoms with Crippen LogP contribution in [0.5, 0.6) is 11.5 Å². The molecule has 7 rings (SSSR count). The second kappa shape index (κ2) is 14.7. The molecule has 14 heteroatoms. The third-order valence-electron chi connectivity index (χ3n) is 11.3. The van der Waals surface area contributed by atoms with Crippen molar-refractivity contribution < 1.29 is 32.3 Å². The lowest BCUT2D eigenvalue weighted by Gasteiger charge is -2.25. The van der Waals surface area contributed by atoms with E-state index in [2.05, 4.69) is 23.9 Å². The number of ether oxygens (including phenoxy) is 2. The Balaban J connectivity index is 1.20. The Kier molecular flexibility index (Phi) is 10.3. The van der Waals surface area contributed by atoms with E-state index in [1.807, 2.05) is 42.7 Å². The molecule has 0 unspecified atom stereocenters. The summed E-state index contributed by atoms with van der Waals surface area (Å²) in [5.74, 6) is -0.876. The van der Waals surface area contributed by atoms with Crippen molar-refractivity contribution in [2.24, 2.45) is 17.8 Å². The number of rotatable bonds is 8. The fourth-order valence-electron chi connectivity index (χ4n) is 7.73. The first-order chi connectivity index (χ1) is 25.3. The zero-order valence-corrected chi connectivity index (χ0v) is 32.6. The van der Waals surface area contributed by atoms with Crippen molar-refractivity contribution in [3.05, 3.63) is 47.0 Å². The summed E-state index contributed by atoms with van der Waals surface area (Å²) in [7, 11) is -0.395. The van der Waals surface area contributed by atoms with Gasteiger partial charge in [0, 0.05) is 54.2 Å². The minimum absolute atomic E-state index is 0.0461. The Bertz CT molecular complexity index is 2060. The second-order valence-corrected chi connectivity index (χ2v) is 18.3. The van der Waals surface area contributed by atoms with Gasteiger partial charge in [0.25, 0.3) is 5.91 Å². The van der Waals surface area contributed by atoms with Gasteiger partial charge in [-0.2, -0.15) is 0 Å². The summed E-state index contributed by atoms with van der Waals surface area (Å²) in [5, 5.41) is 6.05. The lowest BCUT2D eigenvalue weighted by molar-refractivity contribution is -0.134. The van der Waals surface area contributed by atoms with Crippen LogP contribution in [0.4, 0.5) is 0 Å². The van der Waals surface area contributed by atoms with E-state index in [-0.39, 0.29) is 36.0 Å². The van der Waals surface area contributed by atoms with Gasteiger partial charge in [-0.1, -0.05) is 26.0 Å². The number of methoxy groups -OCH3 is 1. The monoisotopic (exact) mass is 763 g/mol. The van der Waals surface area contributed by atoms with Gasteiger partial charge < -0.3 is 19.7 Å². The van der Waals surface area contributed by atoms with Gasteiger partial charge in [-0.15, -0.1) is 11.3 Å². The van der Waals surface area contributed by atoms with E-state index in [1.54, 1.807) is 19.1 Å². The minimum atomic E-state index is -3.82. The number of thiazole rings is 1. The molecule has 5 atom stereocenters. The molecule has 0 spiro atoms. The Hall–Kier alpha value is -4.04. The van der Waals surface area contributed by atoms with Crippen molar-refractivity contribution in [1.82, 2.24) is 24.9 Å². The van der Waals surface area contributed by atoms with E-state index in [9.17, 15) is 22.8 Å². The van der Waals surface area contributed by atoms with Crippen molar-refractivity contribution in [3.8, 4) is 22.2 Å². The number of nitrogens with zero attached hydrogens (tertiary/aromatic N) is 3. The summed E-state index contributed by atoms with van der Waals surface area (Å²) in [6.45, 7) is 6.76. The molecule has 3 amide bonds. The van der Waals surface area contributed by atoms with Gasteiger partial charge in [-0.25, -0.2) is 18.4 Å². The molecule has 0 saturated heterocycles. The van der Waals surface area contributed by atoms with Crippen LogP contribution in [0.25, 0.3) is 21.6 Å². The molecule has 3 saturated carbocycles. The Labute approximate surface area is 315 Å². The number of sulfonamides is 1. The van der Waals surface area contributed by atoms with Crippen LogP contribution in [0, 0.1) is 24.7 Å².